The fourth-order valence-electron chi connectivity index (χ4n) is 1.57. The topological polar surface area (TPSA) is 64.6 Å². The monoisotopic (exact) mass is 305 g/mol. The van der Waals surface area contributed by atoms with E-state index < -0.39 is 23.8 Å². The first-order valence-electron chi connectivity index (χ1n) is 7.16. The Kier molecular flexibility index (Phi) is 6.63. The van der Waals surface area contributed by atoms with Crippen LogP contribution in [-0.4, -0.2) is 23.8 Å². The van der Waals surface area contributed by atoms with Crippen LogP contribution in [0.15, 0.2) is 42.5 Å². The van der Waals surface area contributed by atoms with E-state index in [2.05, 4.69) is 5.32 Å². The Labute approximate surface area is 131 Å². The molecule has 1 rings (SSSR count). The van der Waals surface area contributed by atoms with Gasteiger partial charge in [-0.05, 0) is 39.3 Å². The van der Waals surface area contributed by atoms with E-state index >= 15 is 0 Å². The van der Waals surface area contributed by atoms with Crippen molar-refractivity contribution in [3.05, 3.63) is 48.0 Å². The number of hydrogen-bond donors (Lipinski definition) is 1. The lowest BCUT2D eigenvalue weighted by molar-refractivity contribution is -0.148. The number of esters is 1. The van der Waals surface area contributed by atoms with Gasteiger partial charge in [-0.2, -0.15) is 0 Å². The fourth-order valence-corrected chi connectivity index (χ4v) is 1.57. The minimum absolute atomic E-state index is 0.391. The summed E-state index contributed by atoms with van der Waals surface area (Å²) in [6.45, 7) is 7.42. The quantitative estimate of drug-likeness (QED) is 0.670. The van der Waals surface area contributed by atoms with Gasteiger partial charge in [0.2, 0.25) is 0 Å². The predicted molar refractivity (Wildman–Crippen MR) is 84.2 cm³/mol. The molecule has 0 aromatic heterocycles. The average Bonchev–Trinajstić information content (AvgIpc) is 2.42. The van der Waals surface area contributed by atoms with Gasteiger partial charge >= 0.3 is 12.1 Å². The summed E-state index contributed by atoms with van der Waals surface area (Å²) in [6.07, 6.45) is 1.69. The van der Waals surface area contributed by atoms with E-state index in [4.69, 9.17) is 9.47 Å². The first-order chi connectivity index (χ1) is 10.3. The van der Waals surface area contributed by atoms with E-state index in [1.165, 1.54) is 12.2 Å². The Morgan fingerprint density at radius 3 is 2.45 bits per heavy atom. The molecule has 5 heteroatoms. The van der Waals surface area contributed by atoms with E-state index in [1.54, 1.807) is 27.7 Å². The van der Waals surface area contributed by atoms with Gasteiger partial charge in [0.25, 0.3) is 0 Å². The smallest absolute Gasteiger partial charge is 0.407 e. The third kappa shape index (κ3) is 8.09. The third-order valence-electron chi connectivity index (χ3n) is 2.48. The van der Waals surface area contributed by atoms with Crippen molar-refractivity contribution in [3.63, 3.8) is 0 Å². The van der Waals surface area contributed by atoms with Gasteiger partial charge in [0, 0.05) is 12.6 Å². The van der Waals surface area contributed by atoms with Crippen LogP contribution in [0.1, 0.15) is 33.3 Å². The molecular formula is C17H23NO4. The number of alkyl carbamates (subject to hydrolysis) is 1. The first-order valence-corrected chi connectivity index (χ1v) is 7.16. The molecule has 1 aromatic rings. The zero-order valence-corrected chi connectivity index (χ0v) is 13.5. The molecule has 1 atom stereocenters. The van der Waals surface area contributed by atoms with Crippen LogP contribution in [0.2, 0.25) is 0 Å². The van der Waals surface area contributed by atoms with Crippen LogP contribution in [0.4, 0.5) is 4.79 Å². The highest BCUT2D eigenvalue weighted by Crippen LogP contribution is 2.07. The second-order valence-electron chi connectivity index (χ2n) is 5.84. The van der Waals surface area contributed by atoms with Crippen LogP contribution < -0.4 is 5.32 Å². The van der Waals surface area contributed by atoms with Crippen molar-refractivity contribution in [2.75, 3.05) is 0 Å². The maximum absolute atomic E-state index is 11.6. The predicted octanol–water partition coefficient (Wildman–Crippen LogP) is 3.20. The zero-order valence-electron chi connectivity index (χ0n) is 13.5. The maximum Gasteiger partial charge on any atom is 0.407 e. The lowest BCUT2D eigenvalue weighted by Gasteiger charge is -2.18. The van der Waals surface area contributed by atoms with E-state index in [0.29, 0.717) is 6.54 Å². The molecule has 1 amide bonds. The molecule has 1 aromatic carbocycles. The Morgan fingerprint density at radius 2 is 1.86 bits per heavy atom. The summed E-state index contributed by atoms with van der Waals surface area (Å²) in [5.41, 5.74) is 0.440. The Hall–Kier alpha value is -2.30. The van der Waals surface area contributed by atoms with Crippen LogP contribution in [0.25, 0.3) is 0 Å². The normalized spacial score (nSPS) is 12.7. The van der Waals surface area contributed by atoms with Gasteiger partial charge in [0.1, 0.15) is 11.7 Å². The largest absolute Gasteiger partial charge is 0.457 e. The summed E-state index contributed by atoms with van der Waals surface area (Å²) in [4.78, 5) is 23.1. The van der Waals surface area contributed by atoms with Crippen molar-refractivity contribution in [1.82, 2.24) is 5.32 Å². The second-order valence-corrected chi connectivity index (χ2v) is 5.84. The summed E-state index contributed by atoms with van der Waals surface area (Å²) in [7, 11) is 0. The molecule has 0 aliphatic carbocycles. The highest BCUT2D eigenvalue weighted by atomic mass is 16.6. The molecule has 5 nitrogen and oxygen atoms in total. The highest BCUT2D eigenvalue weighted by Gasteiger charge is 2.14. The number of ether oxygens (including phenoxy) is 2. The zero-order chi connectivity index (χ0) is 16.6. The van der Waals surface area contributed by atoms with Crippen molar-refractivity contribution in [2.24, 2.45) is 0 Å². The summed E-state index contributed by atoms with van der Waals surface area (Å²) in [5, 5.41) is 2.64. The van der Waals surface area contributed by atoms with Crippen molar-refractivity contribution in [2.45, 2.75) is 45.9 Å². The summed E-state index contributed by atoms with van der Waals surface area (Å²) < 4.78 is 10.2. The molecule has 0 fully saturated rings. The molecule has 0 aliphatic heterocycles. The molecule has 0 saturated heterocycles. The molecule has 0 aliphatic rings. The van der Waals surface area contributed by atoms with Crippen LogP contribution >= 0.6 is 0 Å². The lowest BCUT2D eigenvalue weighted by atomic mass is 10.2. The van der Waals surface area contributed by atoms with Gasteiger partial charge in [-0.25, -0.2) is 9.59 Å². The van der Waals surface area contributed by atoms with Crippen LogP contribution in [0, 0.1) is 0 Å². The van der Waals surface area contributed by atoms with Gasteiger partial charge in [0.15, 0.2) is 0 Å². The number of carbonyl (C=O) groups is 2. The molecule has 22 heavy (non-hydrogen) atoms. The summed E-state index contributed by atoms with van der Waals surface area (Å²) in [6, 6.07) is 9.52. The summed E-state index contributed by atoms with van der Waals surface area (Å²) in [5.74, 6) is -0.465. The van der Waals surface area contributed by atoms with Crippen LogP contribution in [0.3, 0.4) is 0 Å². The molecular weight excluding hydrogens is 282 g/mol. The minimum Gasteiger partial charge on any atom is -0.457 e. The number of hydrogen-bond acceptors (Lipinski definition) is 4. The van der Waals surface area contributed by atoms with Gasteiger partial charge in [-0.15, -0.1) is 0 Å². The van der Waals surface area contributed by atoms with Crippen LogP contribution in [0.5, 0.6) is 0 Å². The fraction of sp³-hybridized carbons (Fsp3) is 0.412. The number of benzene rings is 1. The summed E-state index contributed by atoms with van der Waals surface area (Å²) >= 11 is 0. The Morgan fingerprint density at radius 1 is 1.23 bits per heavy atom. The maximum atomic E-state index is 11.6. The molecule has 0 spiro atoms. The highest BCUT2D eigenvalue weighted by molar-refractivity contribution is 5.82. The lowest BCUT2D eigenvalue weighted by Crippen LogP contribution is -2.27. The van der Waals surface area contributed by atoms with Crippen molar-refractivity contribution in [1.29, 1.82) is 0 Å². The molecule has 0 radical (unpaired) electrons. The van der Waals surface area contributed by atoms with Gasteiger partial charge in [0.05, 0.1) is 0 Å². The van der Waals surface area contributed by atoms with E-state index in [9.17, 15) is 9.59 Å². The average molecular weight is 305 g/mol. The van der Waals surface area contributed by atoms with Crippen molar-refractivity contribution in [3.8, 4) is 0 Å². The molecule has 1 unspecified atom stereocenters. The van der Waals surface area contributed by atoms with Crippen molar-refractivity contribution >= 4 is 12.1 Å². The first kappa shape index (κ1) is 17.8. The molecule has 0 bridgehead atoms. The number of rotatable bonds is 5. The standard InChI is InChI=1S/C17H23NO4/c1-13(10-11-15(19)22-17(2,3)4)21-16(20)18-12-14-8-6-5-7-9-14/h5-11,13H,12H2,1-4H3,(H,18,20). The second kappa shape index (κ2) is 8.22. The number of carbonyl (C=O) groups excluding carboxylic acids is 2. The molecule has 1 N–H and O–H groups in total. The van der Waals surface area contributed by atoms with Gasteiger partial charge in [-0.3, -0.25) is 0 Å². The molecule has 0 saturated carbocycles. The van der Waals surface area contributed by atoms with Crippen LogP contribution in [-0.2, 0) is 20.8 Å². The van der Waals surface area contributed by atoms with Gasteiger partial charge in [-0.1, -0.05) is 30.3 Å². The van der Waals surface area contributed by atoms with Gasteiger partial charge < -0.3 is 14.8 Å². The minimum atomic E-state index is -0.543. The molecule has 120 valence electrons. The Bertz CT molecular complexity index is 517. The van der Waals surface area contributed by atoms with E-state index in [-0.39, 0.29) is 0 Å². The Balaban J connectivity index is 2.33. The van der Waals surface area contributed by atoms with E-state index in [0.717, 1.165) is 5.56 Å². The third-order valence-corrected chi connectivity index (χ3v) is 2.48. The SMILES string of the molecule is CC(C=CC(=O)OC(C)(C)C)OC(=O)NCc1ccccc1. The van der Waals surface area contributed by atoms with Crippen molar-refractivity contribution < 1.29 is 19.1 Å². The molecule has 0 heterocycles. The number of nitrogens with one attached hydrogen (secondary N) is 1. The van der Waals surface area contributed by atoms with E-state index in [1.807, 2.05) is 30.3 Å². The number of amides is 1.